The summed E-state index contributed by atoms with van der Waals surface area (Å²) < 4.78 is 17.5. The van der Waals surface area contributed by atoms with Gasteiger partial charge in [-0.1, -0.05) is 36.4 Å². The lowest BCUT2D eigenvalue weighted by Crippen LogP contribution is -2.06. The molecule has 2 aromatic carbocycles. The van der Waals surface area contributed by atoms with Crippen LogP contribution in [0.15, 0.2) is 61.1 Å². The molecule has 0 bridgehead atoms. The Balaban J connectivity index is 1.47. The lowest BCUT2D eigenvalue weighted by atomic mass is 9.99. The number of aryl methyl sites for hydroxylation is 1. The van der Waals surface area contributed by atoms with E-state index >= 15 is 0 Å². The van der Waals surface area contributed by atoms with E-state index in [9.17, 15) is 14.3 Å². The molecular formula is C23H17FN6O3. The number of nitrogens with zero attached hydrogens (tertiary/aromatic N) is 6. The number of aromatic nitrogens is 6. The molecule has 2 N–H and O–H groups in total. The zero-order chi connectivity index (χ0) is 23.1. The van der Waals surface area contributed by atoms with Crippen LogP contribution in [0.1, 0.15) is 21.5 Å². The second kappa shape index (κ2) is 7.83. The van der Waals surface area contributed by atoms with Crippen molar-refractivity contribution in [2.45, 2.75) is 13.5 Å². The smallest absolute Gasteiger partial charge is 0.338 e. The number of fused-ring (bicyclic) bond motifs is 1. The van der Waals surface area contributed by atoms with E-state index in [-0.39, 0.29) is 29.5 Å². The summed E-state index contributed by atoms with van der Waals surface area (Å²) in [7, 11) is 0. The average Bonchev–Trinajstić information content (AvgIpc) is 3.44. The summed E-state index contributed by atoms with van der Waals surface area (Å²) in [6.45, 7) is 2.03. The van der Waals surface area contributed by atoms with Crippen LogP contribution in [0.4, 0.5) is 4.39 Å². The lowest BCUT2D eigenvalue weighted by molar-refractivity contribution is 0.0697. The van der Waals surface area contributed by atoms with Crippen molar-refractivity contribution in [2.75, 3.05) is 0 Å². The quantitative estimate of drug-likeness (QED) is 0.425. The van der Waals surface area contributed by atoms with E-state index in [4.69, 9.17) is 5.11 Å². The molecule has 0 fully saturated rings. The predicted molar refractivity (Wildman–Crippen MR) is 117 cm³/mol. The van der Waals surface area contributed by atoms with Crippen LogP contribution in [0, 0.1) is 12.7 Å². The minimum absolute atomic E-state index is 0.0131. The first-order chi connectivity index (χ1) is 15.9. The van der Waals surface area contributed by atoms with Crippen molar-refractivity contribution in [3.63, 3.8) is 0 Å². The van der Waals surface area contributed by atoms with Gasteiger partial charge >= 0.3 is 5.97 Å². The Labute approximate surface area is 186 Å². The molecule has 5 rings (SSSR count). The number of carbonyl (C=O) groups is 1. The molecule has 164 valence electrons. The number of aromatic hydroxyl groups is 1. The normalized spacial score (nSPS) is 11.2. The van der Waals surface area contributed by atoms with Crippen molar-refractivity contribution in [2.24, 2.45) is 0 Å². The standard InChI is InChI=1S/C23H17FN6O3/c1-13-4-2-3-5-17(13)14-6-7-15(18(24)8-14)11-29-20-19(10-26-29)27-23(28-21(20)31)30-12-16(9-25-30)22(32)33/h2-10,12H,11H2,1H3,(H,32,33)(H,27,28,31). The van der Waals surface area contributed by atoms with E-state index < -0.39 is 11.8 Å². The van der Waals surface area contributed by atoms with Gasteiger partial charge in [-0.2, -0.15) is 15.2 Å². The summed E-state index contributed by atoms with van der Waals surface area (Å²) in [4.78, 5) is 19.3. The molecule has 9 nitrogen and oxygen atoms in total. The van der Waals surface area contributed by atoms with Gasteiger partial charge in [0, 0.05) is 11.8 Å². The number of aromatic carboxylic acids is 1. The molecule has 33 heavy (non-hydrogen) atoms. The molecule has 0 radical (unpaired) electrons. The fourth-order valence-corrected chi connectivity index (χ4v) is 3.63. The molecule has 3 aromatic heterocycles. The highest BCUT2D eigenvalue weighted by Crippen LogP contribution is 2.27. The molecule has 0 aliphatic carbocycles. The number of carboxylic acids is 1. The second-order valence-corrected chi connectivity index (χ2v) is 7.48. The lowest BCUT2D eigenvalue weighted by Gasteiger charge is -2.10. The van der Waals surface area contributed by atoms with Crippen LogP contribution in [0.3, 0.4) is 0 Å². The molecule has 0 aliphatic heterocycles. The molecule has 0 amide bonds. The number of halogens is 1. The van der Waals surface area contributed by atoms with Crippen LogP contribution < -0.4 is 0 Å². The summed E-state index contributed by atoms with van der Waals surface area (Å²) in [5, 5.41) is 27.7. The van der Waals surface area contributed by atoms with Gasteiger partial charge in [0.1, 0.15) is 16.9 Å². The SMILES string of the molecule is Cc1ccccc1-c1ccc(Cn2ncc3nc(-n4cc(C(=O)O)cn4)nc(O)c32)c(F)c1. The summed E-state index contributed by atoms with van der Waals surface area (Å²) in [6, 6.07) is 12.8. The third kappa shape index (κ3) is 3.67. The monoisotopic (exact) mass is 444 g/mol. The number of rotatable bonds is 5. The number of benzene rings is 2. The second-order valence-electron chi connectivity index (χ2n) is 7.48. The Hall–Kier alpha value is -4.60. The molecule has 0 saturated heterocycles. The van der Waals surface area contributed by atoms with Crippen molar-refractivity contribution in [1.29, 1.82) is 0 Å². The fraction of sp³-hybridized carbons (Fsp3) is 0.0870. The maximum Gasteiger partial charge on any atom is 0.338 e. The molecular weight excluding hydrogens is 427 g/mol. The summed E-state index contributed by atoms with van der Waals surface area (Å²) >= 11 is 0. The van der Waals surface area contributed by atoms with E-state index in [0.717, 1.165) is 27.6 Å². The van der Waals surface area contributed by atoms with Crippen molar-refractivity contribution < 1.29 is 19.4 Å². The Bertz CT molecular complexity index is 1520. The highest BCUT2D eigenvalue weighted by molar-refractivity contribution is 5.87. The first kappa shape index (κ1) is 20.3. The Morgan fingerprint density at radius 1 is 1.09 bits per heavy atom. The number of carboxylic acid groups (broad SMARTS) is 1. The number of hydrogen-bond acceptors (Lipinski definition) is 6. The topological polar surface area (TPSA) is 119 Å². The molecule has 10 heteroatoms. The third-order valence-corrected chi connectivity index (χ3v) is 5.32. The van der Waals surface area contributed by atoms with Crippen LogP contribution in [-0.2, 0) is 6.54 Å². The largest absolute Gasteiger partial charge is 0.492 e. The van der Waals surface area contributed by atoms with Gasteiger partial charge in [0.2, 0.25) is 5.88 Å². The maximum atomic E-state index is 14.9. The van der Waals surface area contributed by atoms with Crippen LogP contribution in [0.25, 0.3) is 28.1 Å². The first-order valence-electron chi connectivity index (χ1n) is 9.96. The van der Waals surface area contributed by atoms with Gasteiger partial charge in [-0.05, 0) is 29.7 Å². The van der Waals surface area contributed by atoms with Crippen molar-refractivity contribution in [3.8, 4) is 23.0 Å². The number of hydrogen-bond donors (Lipinski definition) is 2. The third-order valence-electron chi connectivity index (χ3n) is 5.32. The van der Waals surface area contributed by atoms with Crippen molar-refractivity contribution in [3.05, 3.63) is 83.6 Å². The van der Waals surface area contributed by atoms with E-state index in [0.29, 0.717) is 11.1 Å². The van der Waals surface area contributed by atoms with Crippen molar-refractivity contribution >= 4 is 17.0 Å². The van der Waals surface area contributed by atoms with Gasteiger partial charge in [0.25, 0.3) is 5.95 Å². The molecule has 0 unspecified atom stereocenters. The molecule has 0 atom stereocenters. The van der Waals surface area contributed by atoms with Crippen LogP contribution in [-0.4, -0.2) is 45.7 Å². The Kier molecular flexibility index (Phi) is 4.82. The van der Waals surface area contributed by atoms with E-state index in [1.54, 1.807) is 6.07 Å². The highest BCUT2D eigenvalue weighted by Gasteiger charge is 2.17. The van der Waals surface area contributed by atoms with Gasteiger partial charge in [-0.3, -0.25) is 4.68 Å². The van der Waals surface area contributed by atoms with E-state index in [1.807, 2.05) is 37.3 Å². The molecule has 0 saturated carbocycles. The van der Waals surface area contributed by atoms with Gasteiger partial charge in [0.15, 0.2) is 0 Å². The predicted octanol–water partition coefficient (Wildman–Crippen LogP) is 3.58. The average molecular weight is 444 g/mol. The van der Waals surface area contributed by atoms with Crippen LogP contribution in [0.5, 0.6) is 5.88 Å². The fourth-order valence-electron chi connectivity index (χ4n) is 3.63. The minimum atomic E-state index is -1.14. The first-order valence-corrected chi connectivity index (χ1v) is 9.96. The zero-order valence-electron chi connectivity index (χ0n) is 17.3. The summed E-state index contributed by atoms with van der Waals surface area (Å²) in [5.41, 5.74) is 3.66. The van der Waals surface area contributed by atoms with E-state index in [1.165, 1.54) is 23.1 Å². The molecule has 0 aliphatic rings. The van der Waals surface area contributed by atoms with Gasteiger partial charge in [-0.25, -0.2) is 18.9 Å². The van der Waals surface area contributed by atoms with Gasteiger partial charge in [0.05, 0.1) is 24.5 Å². The molecule has 0 spiro atoms. The molecule has 3 heterocycles. The maximum absolute atomic E-state index is 14.9. The summed E-state index contributed by atoms with van der Waals surface area (Å²) in [6.07, 6.45) is 3.81. The van der Waals surface area contributed by atoms with Gasteiger partial charge < -0.3 is 10.2 Å². The van der Waals surface area contributed by atoms with Crippen LogP contribution >= 0.6 is 0 Å². The Morgan fingerprint density at radius 2 is 1.91 bits per heavy atom. The van der Waals surface area contributed by atoms with E-state index in [2.05, 4.69) is 20.2 Å². The highest BCUT2D eigenvalue weighted by atomic mass is 19.1. The minimum Gasteiger partial charge on any atom is -0.492 e. The zero-order valence-corrected chi connectivity index (χ0v) is 17.3. The van der Waals surface area contributed by atoms with Crippen molar-refractivity contribution in [1.82, 2.24) is 29.5 Å². The molecule has 5 aromatic rings. The summed E-state index contributed by atoms with van der Waals surface area (Å²) in [5.74, 6) is -1.93. The van der Waals surface area contributed by atoms with Gasteiger partial charge in [-0.15, -0.1) is 0 Å². The Morgan fingerprint density at radius 3 is 2.64 bits per heavy atom. The van der Waals surface area contributed by atoms with Crippen LogP contribution in [0.2, 0.25) is 0 Å².